The van der Waals surface area contributed by atoms with Crippen LogP contribution in [0.3, 0.4) is 0 Å². The van der Waals surface area contributed by atoms with E-state index in [2.05, 4.69) is 26.7 Å². The summed E-state index contributed by atoms with van der Waals surface area (Å²) in [5, 5.41) is 0. The third kappa shape index (κ3) is 1.13. The van der Waals surface area contributed by atoms with E-state index in [1.54, 1.807) is 0 Å². The fourth-order valence-corrected chi connectivity index (χ4v) is 3.59. The molecule has 0 aromatic heterocycles. The lowest BCUT2D eigenvalue weighted by molar-refractivity contribution is -0.113. The highest BCUT2D eigenvalue weighted by Crippen LogP contribution is 2.62. The first-order valence-corrected chi connectivity index (χ1v) is 5.53. The van der Waals surface area contributed by atoms with Crippen LogP contribution in [0, 0.1) is 41.4 Å². The summed E-state index contributed by atoms with van der Waals surface area (Å²) >= 11 is 0. The molecule has 4 atom stereocenters. The molecule has 3 fully saturated rings. The maximum absolute atomic E-state index is 5.52. The molecule has 0 radical (unpaired) electrons. The maximum Gasteiger partial charge on any atom is 0.0203 e. The van der Waals surface area contributed by atoms with Crippen molar-refractivity contribution in [3.05, 3.63) is 0 Å². The average molecular weight is 176 g/mol. The molecule has 0 amide bonds. The summed E-state index contributed by atoms with van der Waals surface area (Å²) in [6.07, 6.45) is 9.77. The van der Waals surface area contributed by atoms with Crippen molar-refractivity contribution < 1.29 is 0 Å². The highest BCUT2D eigenvalue weighted by Gasteiger charge is 2.54. The van der Waals surface area contributed by atoms with Gasteiger partial charge in [-0.15, -0.1) is 12.3 Å². The van der Waals surface area contributed by atoms with Crippen molar-refractivity contribution in [2.75, 3.05) is 0 Å². The molecule has 0 aromatic carbocycles. The molecule has 0 nitrogen and oxygen atoms in total. The molecule has 0 N–H and O–H groups in total. The largest absolute Gasteiger partial charge is 0.120 e. The zero-order chi connectivity index (χ0) is 9.64. The lowest BCUT2D eigenvalue weighted by Crippen LogP contribution is -2.53. The van der Waals surface area contributed by atoms with Crippen molar-refractivity contribution in [1.82, 2.24) is 0 Å². The molecule has 0 spiro atoms. The van der Waals surface area contributed by atoms with E-state index in [0.717, 1.165) is 17.8 Å². The molecule has 3 saturated carbocycles. The van der Waals surface area contributed by atoms with Gasteiger partial charge in [0.2, 0.25) is 0 Å². The summed E-state index contributed by atoms with van der Waals surface area (Å²) < 4.78 is 0. The third-order valence-electron chi connectivity index (χ3n) is 4.82. The number of terminal acetylenes is 1. The smallest absolute Gasteiger partial charge is 0.0203 e. The van der Waals surface area contributed by atoms with E-state index < -0.39 is 0 Å². The average Bonchev–Trinajstić information content (AvgIpc) is 2.16. The first kappa shape index (κ1) is 9.13. The fraction of sp³-hybridized carbons (Fsp3) is 0.846. The van der Waals surface area contributed by atoms with E-state index in [9.17, 15) is 0 Å². The highest BCUT2D eigenvalue weighted by molar-refractivity contribution is 5.08. The topological polar surface area (TPSA) is 0 Å². The molecule has 3 aliphatic rings. The zero-order valence-corrected chi connectivity index (χ0v) is 9.01. The molecule has 0 heteroatoms. The van der Waals surface area contributed by atoms with Crippen LogP contribution in [0.5, 0.6) is 0 Å². The minimum atomic E-state index is 0.491. The van der Waals surface area contributed by atoms with Crippen LogP contribution in [0.4, 0.5) is 0 Å². The SMILES string of the molecule is C#CC(C)C1CCC2CC1C2(C)C. The highest BCUT2D eigenvalue weighted by atomic mass is 14.6. The van der Waals surface area contributed by atoms with Gasteiger partial charge in [-0.3, -0.25) is 0 Å². The molecule has 72 valence electrons. The van der Waals surface area contributed by atoms with Crippen molar-refractivity contribution in [3.8, 4) is 12.3 Å². The Balaban J connectivity index is 2.12. The van der Waals surface area contributed by atoms with Crippen molar-refractivity contribution in [1.29, 1.82) is 0 Å². The van der Waals surface area contributed by atoms with Crippen LogP contribution in [-0.2, 0) is 0 Å². The van der Waals surface area contributed by atoms with E-state index >= 15 is 0 Å². The Morgan fingerprint density at radius 3 is 2.54 bits per heavy atom. The second-order valence-electron chi connectivity index (χ2n) is 5.56. The molecule has 0 heterocycles. The molecule has 0 aliphatic heterocycles. The Kier molecular flexibility index (Phi) is 1.95. The standard InChI is InChI=1S/C13H20/c1-5-9(2)11-7-6-10-8-12(11)13(10,3)4/h1,9-12H,6-8H2,2-4H3. The monoisotopic (exact) mass is 176 g/mol. The zero-order valence-electron chi connectivity index (χ0n) is 9.01. The lowest BCUT2D eigenvalue weighted by atomic mass is 9.44. The predicted molar refractivity (Wildman–Crippen MR) is 56.1 cm³/mol. The van der Waals surface area contributed by atoms with Gasteiger partial charge in [0.05, 0.1) is 0 Å². The molecule has 0 saturated heterocycles. The fourth-order valence-electron chi connectivity index (χ4n) is 3.59. The van der Waals surface area contributed by atoms with Gasteiger partial charge in [-0.1, -0.05) is 20.8 Å². The second-order valence-corrected chi connectivity index (χ2v) is 5.56. The number of rotatable bonds is 1. The summed E-state index contributed by atoms with van der Waals surface area (Å²) in [5.41, 5.74) is 0.591. The summed E-state index contributed by atoms with van der Waals surface area (Å²) in [5.74, 6) is 6.14. The van der Waals surface area contributed by atoms with Crippen LogP contribution in [0.15, 0.2) is 0 Å². The Morgan fingerprint density at radius 2 is 2.08 bits per heavy atom. The van der Waals surface area contributed by atoms with Crippen LogP contribution >= 0.6 is 0 Å². The van der Waals surface area contributed by atoms with Crippen LogP contribution < -0.4 is 0 Å². The van der Waals surface area contributed by atoms with Gasteiger partial charge in [-0.25, -0.2) is 0 Å². The van der Waals surface area contributed by atoms with E-state index in [1.807, 2.05) is 0 Å². The lowest BCUT2D eigenvalue weighted by Gasteiger charge is -2.61. The Labute approximate surface area is 82.1 Å². The summed E-state index contributed by atoms with van der Waals surface area (Å²) in [6, 6.07) is 0. The molecule has 2 bridgehead atoms. The first-order valence-electron chi connectivity index (χ1n) is 5.53. The Hall–Kier alpha value is -0.440. The van der Waals surface area contributed by atoms with Gasteiger partial charge >= 0.3 is 0 Å². The van der Waals surface area contributed by atoms with Crippen molar-refractivity contribution in [2.24, 2.45) is 29.1 Å². The summed E-state index contributed by atoms with van der Waals surface area (Å²) in [4.78, 5) is 0. The van der Waals surface area contributed by atoms with Crippen LogP contribution in [0.25, 0.3) is 0 Å². The van der Waals surface area contributed by atoms with Crippen molar-refractivity contribution in [2.45, 2.75) is 40.0 Å². The van der Waals surface area contributed by atoms with E-state index in [1.165, 1.54) is 19.3 Å². The minimum Gasteiger partial charge on any atom is -0.120 e. The maximum atomic E-state index is 5.52. The van der Waals surface area contributed by atoms with E-state index in [4.69, 9.17) is 6.42 Å². The Bertz CT molecular complexity index is 241. The number of fused-ring (bicyclic) bond motifs is 2. The second kappa shape index (κ2) is 2.77. The molecule has 0 aromatic rings. The van der Waals surface area contributed by atoms with Crippen molar-refractivity contribution >= 4 is 0 Å². The van der Waals surface area contributed by atoms with E-state index in [0.29, 0.717) is 11.3 Å². The van der Waals surface area contributed by atoms with Gasteiger partial charge in [0.1, 0.15) is 0 Å². The van der Waals surface area contributed by atoms with Crippen LogP contribution in [0.2, 0.25) is 0 Å². The predicted octanol–water partition coefficient (Wildman–Crippen LogP) is 3.33. The van der Waals surface area contributed by atoms with Gasteiger partial charge < -0.3 is 0 Å². The first-order chi connectivity index (χ1) is 6.07. The molecular weight excluding hydrogens is 156 g/mol. The van der Waals surface area contributed by atoms with Gasteiger partial charge in [0.25, 0.3) is 0 Å². The third-order valence-corrected chi connectivity index (χ3v) is 4.82. The molecule has 3 aliphatic carbocycles. The normalized spacial score (nSPS) is 43.1. The van der Waals surface area contributed by atoms with Gasteiger partial charge in [-0.2, -0.15) is 0 Å². The van der Waals surface area contributed by atoms with Gasteiger partial charge in [-0.05, 0) is 42.4 Å². The molecular formula is C13H20. The summed E-state index contributed by atoms with van der Waals surface area (Å²) in [7, 11) is 0. The van der Waals surface area contributed by atoms with E-state index in [-0.39, 0.29) is 0 Å². The summed E-state index contributed by atoms with van der Waals surface area (Å²) in [6.45, 7) is 7.09. The Morgan fingerprint density at radius 1 is 1.38 bits per heavy atom. The molecule has 4 unspecified atom stereocenters. The van der Waals surface area contributed by atoms with Crippen LogP contribution in [0.1, 0.15) is 40.0 Å². The van der Waals surface area contributed by atoms with Gasteiger partial charge in [0, 0.05) is 5.92 Å². The van der Waals surface area contributed by atoms with Crippen molar-refractivity contribution in [3.63, 3.8) is 0 Å². The van der Waals surface area contributed by atoms with Gasteiger partial charge in [0.15, 0.2) is 0 Å². The number of hydrogen-bond donors (Lipinski definition) is 0. The minimum absolute atomic E-state index is 0.491. The number of hydrogen-bond acceptors (Lipinski definition) is 0. The quantitative estimate of drug-likeness (QED) is 0.538. The van der Waals surface area contributed by atoms with Crippen LogP contribution in [-0.4, -0.2) is 0 Å². The molecule has 13 heavy (non-hydrogen) atoms. The molecule has 3 rings (SSSR count).